The highest BCUT2D eigenvalue weighted by Gasteiger charge is 2.30. The molecule has 33 heavy (non-hydrogen) atoms. The van der Waals surface area contributed by atoms with Crippen LogP contribution >= 0.6 is 7.14 Å². The second kappa shape index (κ2) is 8.03. The van der Waals surface area contributed by atoms with Crippen LogP contribution in [0.1, 0.15) is 24.4 Å². The molecular weight excluding hydrogens is 448 g/mol. The van der Waals surface area contributed by atoms with Crippen molar-refractivity contribution < 1.29 is 17.7 Å². The van der Waals surface area contributed by atoms with Gasteiger partial charge in [0.25, 0.3) is 0 Å². The highest BCUT2D eigenvalue weighted by molar-refractivity contribution is 7.70. The molecule has 1 atom stereocenters. The fourth-order valence-corrected chi connectivity index (χ4v) is 5.48. The number of nitrogens with zero attached hydrogens (tertiary/aromatic N) is 4. The third kappa shape index (κ3) is 3.93. The molecule has 1 saturated heterocycles. The van der Waals surface area contributed by atoms with Gasteiger partial charge in [0, 0.05) is 29.2 Å². The van der Waals surface area contributed by atoms with Crippen LogP contribution in [0.5, 0.6) is 0 Å². The zero-order chi connectivity index (χ0) is 23.3. The highest BCUT2D eigenvalue weighted by Crippen LogP contribution is 2.38. The van der Waals surface area contributed by atoms with E-state index in [0.717, 1.165) is 18.6 Å². The predicted octanol–water partition coefficient (Wildman–Crippen LogP) is 5.40. The van der Waals surface area contributed by atoms with Crippen molar-refractivity contribution in [2.75, 3.05) is 24.8 Å². The van der Waals surface area contributed by atoms with Gasteiger partial charge in [0.2, 0.25) is 0 Å². The molecule has 2 aromatic heterocycles. The van der Waals surface area contributed by atoms with E-state index in [1.54, 1.807) is 35.1 Å². The van der Waals surface area contributed by atoms with E-state index in [-0.39, 0.29) is 11.3 Å². The number of anilines is 1. The summed E-state index contributed by atoms with van der Waals surface area (Å²) in [5.74, 6) is -0.843. The van der Waals surface area contributed by atoms with Gasteiger partial charge in [-0.1, -0.05) is 6.07 Å². The molecule has 5 nitrogen and oxygen atoms in total. The Bertz CT molecular complexity index is 1410. The summed E-state index contributed by atoms with van der Waals surface area (Å²) in [6.45, 7) is 3.71. The van der Waals surface area contributed by atoms with E-state index in [1.807, 2.05) is 4.90 Å². The lowest BCUT2D eigenvalue weighted by Crippen LogP contribution is -2.24. The molecule has 1 fully saturated rings. The molecule has 170 valence electrons. The number of hydrogen-bond donors (Lipinski definition) is 0. The summed E-state index contributed by atoms with van der Waals surface area (Å²) in [6, 6.07) is 9.56. The van der Waals surface area contributed by atoms with Gasteiger partial charge in [-0.05, 0) is 68.1 Å². The van der Waals surface area contributed by atoms with E-state index in [0.29, 0.717) is 41.1 Å². The van der Waals surface area contributed by atoms with Gasteiger partial charge in [-0.2, -0.15) is 5.10 Å². The first-order chi connectivity index (χ1) is 15.7. The molecule has 5 rings (SSSR count). The highest BCUT2D eigenvalue weighted by atomic mass is 31.2. The lowest BCUT2D eigenvalue weighted by Gasteiger charge is -2.26. The third-order valence-electron chi connectivity index (χ3n) is 6.06. The van der Waals surface area contributed by atoms with Crippen molar-refractivity contribution in [1.82, 2.24) is 14.6 Å². The Hall–Kier alpha value is -3.12. The summed E-state index contributed by atoms with van der Waals surface area (Å²) in [7, 11) is -2.74. The standard InChI is InChI=1S/C24H22F3N4OP/c1-33(2,32)22-8-5-15(12-20(22)27)18-14-28-31-11-9-23(29-24(18)31)30-10-3-4-21(30)17-13-16(25)6-7-19(17)26/h5-9,11-14,21H,3-4,10H2,1-2H3/t21-/m1/s1. The molecule has 0 bridgehead atoms. The second-order valence-electron chi connectivity index (χ2n) is 8.65. The molecule has 0 unspecified atom stereocenters. The first-order valence-electron chi connectivity index (χ1n) is 10.6. The molecule has 4 aromatic rings. The molecule has 0 radical (unpaired) electrons. The fraction of sp³-hybridized carbons (Fsp3) is 0.250. The number of hydrogen-bond acceptors (Lipinski definition) is 4. The molecule has 9 heteroatoms. The Morgan fingerprint density at radius 2 is 1.85 bits per heavy atom. The maximum absolute atomic E-state index is 14.7. The molecule has 0 aliphatic carbocycles. The van der Waals surface area contributed by atoms with Gasteiger partial charge in [0.15, 0.2) is 5.65 Å². The number of rotatable bonds is 4. The smallest absolute Gasteiger partial charge is 0.165 e. The Morgan fingerprint density at radius 3 is 2.61 bits per heavy atom. The van der Waals surface area contributed by atoms with Gasteiger partial charge in [0.05, 0.1) is 12.2 Å². The first-order valence-corrected chi connectivity index (χ1v) is 13.2. The summed E-state index contributed by atoms with van der Waals surface area (Å²) in [5, 5.41) is 4.52. The lowest BCUT2D eigenvalue weighted by atomic mass is 10.0. The normalized spacial score (nSPS) is 16.6. The Morgan fingerprint density at radius 1 is 1.03 bits per heavy atom. The number of aromatic nitrogens is 3. The van der Waals surface area contributed by atoms with Crippen LogP contribution in [0, 0.1) is 17.5 Å². The zero-order valence-electron chi connectivity index (χ0n) is 18.2. The largest absolute Gasteiger partial charge is 0.349 e. The van der Waals surface area contributed by atoms with Crippen molar-refractivity contribution in [3.05, 3.63) is 77.9 Å². The molecule has 1 aliphatic rings. The van der Waals surface area contributed by atoms with Crippen molar-refractivity contribution in [3.8, 4) is 11.1 Å². The number of fused-ring (bicyclic) bond motifs is 1. The lowest BCUT2D eigenvalue weighted by molar-refractivity contribution is 0.560. The minimum atomic E-state index is -2.74. The van der Waals surface area contributed by atoms with Gasteiger partial charge < -0.3 is 9.46 Å². The minimum Gasteiger partial charge on any atom is -0.349 e. The monoisotopic (exact) mass is 470 g/mol. The first kappa shape index (κ1) is 21.7. The van der Waals surface area contributed by atoms with E-state index in [1.165, 1.54) is 25.5 Å². The molecular formula is C24H22F3N4OP. The summed E-state index contributed by atoms with van der Waals surface area (Å²) < 4.78 is 56.9. The predicted molar refractivity (Wildman–Crippen MR) is 123 cm³/mol. The molecule has 0 saturated carbocycles. The molecule has 2 aromatic carbocycles. The quantitative estimate of drug-likeness (QED) is 0.375. The van der Waals surface area contributed by atoms with E-state index in [4.69, 9.17) is 4.98 Å². The van der Waals surface area contributed by atoms with Crippen LogP contribution in [0.15, 0.2) is 54.9 Å². The SMILES string of the molecule is CP(C)(=O)c1ccc(-c2cnn3ccc(N4CCC[C@@H]4c4cc(F)ccc4F)nc23)cc1F. The number of halogens is 3. The summed E-state index contributed by atoms with van der Waals surface area (Å²) in [4.78, 5) is 6.72. The average molecular weight is 470 g/mol. The van der Waals surface area contributed by atoms with Gasteiger partial charge in [0.1, 0.15) is 30.4 Å². The maximum atomic E-state index is 14.7. The fourth-order valence-electron chi connectivity index (χ4n) is 4.47. The minimum absolute atomic E-state index is 0.202. The van der Waals surface area contributed by atoms with E-state index >= 15 is 0 Å². The number of benzene rings is 2. The Kier molecular flexibility index (Phi) is 5.28. The van der Waals surface area contributed by atoms with Crippen LogP contribution < -0.4 is 10.2 Å². The van der Waals surface area contributed by atoms with Crippen LogP contribution in [-0.4, -0.2) is 34.5 Å². The van der Waals surface area contributed by atoms with Crippen molar-refractivity contribution in [2.45, 2.75) is 18.9 Å². The molecule has 0 N–H and O–H groups in total. The van der Waals surface area contributed by atoms with E-state index < -0.39 is 24.6 Å². The van der Waals surface area contributed by atoms with Gasteiger partial charge >= 0.3 is 0 Å². The van der Waals surface area contributed by atoms with Gasteiger partial charge in [-0.15, -0.1) is 0 Å². The average Bonchev–Trinajstić information content (AvgIpc) is 3.41. The summed E-state index contributed by atoms with van der Waals surface area (Å²) >= 11 is 0. The Labute approximate surface area is 189 Å². The summed E-state index contributed by atoms with van der Waals surface area (Å²) in [5.41, 5.74) is 2.01. The van der Waals surface area contributed by atoms with E-state index in [9.17, 15) is 17.7 Å². The maximum Gasteiger partial charge on any atom is 0.165 e. The van der Waals surface area contributed by atoms with Crippen LogP contribution in [0.2, 0.25) is 0 Å². The second-order valence-corrected chi connectivity index (χ2v) is 11.8. The zero-order valence-corrected chi connectivity index (χ0v) is 19.1. The van der Waals surface area contributed by atoms with Crippen molar-refractivity contribution in [2.24, 2.45) is 0 Å². The van der Waals surface area contributed by atoms with Crippen molar-refractivity contribution in [3.63, 3.8) is 0 Å². The summed E-state index contributed by atoms with van der Waals surface area (Å²) in [6.07, 6.45) is 4.85. The van der Waals surface area contributed by atoms with Crippen LogP contribution in [-0.2, 0) is 4.57 Å². The van der Waals surface area contributed by atoms with Crippen LogP contribution in [0.4, 0.5) is 19.0 Å². The van der Waals surface area contributed by atoms with Crippen LogP contribution in [0.3, 0.4) is 0 Å². The van der Waals surface area contributed by atoms with Crippen molar-refractivity contribution in [1.29, 1.82) is 0 Å². The molecule has 0 spiro atoms. The van der Waals surface area contributed by atoms with E-state index in [2.05, 4.69) is 5.10 Å². The van der Waals surface area contributed by atoms with Crippen LogP contribution in [0.25, 0.3) is 16.8 Å². The van der Waals surface area contributed by atoms with Gasteiger partial charge in [-0.3, -0.25) is 0 Å². The topological polar surface area (TPSA) is 50.5 Å². The molecule has 0 amide bonds. The molecule has 3 heterocycles. The van der Waals surface area contributed by atoms with Gasteiger partial charge in [-0.25, -0.2) is 22.7 Å². The Balaban J connectivity index is 1.56. The third-order valence-corrected chi connectivity index (χ3v) is 7.58. The molecule has 1 aliphatic heterocycles. The van der Waals surface area contributed by atoms with Crippen molar-refractivity contribution >= 4 is 23.9 Å².